The van der Waals surface area contributed by atoms with Crippen LogP contribution in [0.25, 0.3) is 0 Å². The third-order valence-electron chi connectivity index (χ3n) is 2.48. The second-order valence-corrected chi connectivity index (χ2v) is 3.66. The Morgan fingerprint density at radius 3 is 2.40 bits per heavy atom. The molecule has 0 fully saturated rings. The number of ether oxygens (including phenoxy) is 1. The van der Waals surface area contributed by atoms with Crippen molar-refractivity contribution in [2.75, 3.05) is 7.11 Å². The van der Waals surface area contributed by atoms with E-state index in [1.165, 1.54) is 25.3 Å². The van der Waals surface area contributed by atoms with Gasteiger partial charge in [-0.15, -0.1) is 13.2 Å². The number of nitro groups is 1. The van der Waals surface area contributed by atoms with Crippen molar-refractivity contribution in [3.63, 3.8) is 0 Å². The van der Waals surface area contributed by atoms with Crippen LogP contribution < -0.4 is 0 Å². The molecule has 108 valence electrons. The molecule has 0 spiro atoms. The average molecular weight is 279 g/mol. The summed E-state index contributed by atoms with van der Waals surface area (Å²) in [6.45, 7) is 7.68. The number of methoxy groups -OCH3 is 1. The van der Waals surface area contributed by atoms with Gasteiger partial charge >= 0.3 is 5.97 Å². The van der Waals surface area contributed by atoms with Gasteiger partial charge in [-0.25, -0.2) is 4.79 Å². The number of esters is 1. The molecule has 0 unspecified atom stereocenters. The Balaban J connectivity index is 0.00000172. The molecule has 0 radical (unpaired) electrons. The summed E-state index contributed by atoms with van der Waals surface area (Å²) in [5, 5.41) is 10.8. The van der Waals surface area contributed by atoms with Crippen LogP contribution in [0.2, 0.25) is 0 Å². The standard InChI is InChI=1S/C12H13NO5.C2H4/c1-3-10(14)7-9-6-8(12(15)18-2)4-5-11(9)13(16)17;1-2/h4-6H,3,7H2,1-2H3;1-2H2. The molecular weight excluding hydrogens is 262 g/mol. The lowest BCUT2D eigenvalue weighted by Crippen LogP contribution is -2.07. The van der Waals surface area contributed by atoms with Crippen molar-refractivity contribution in [2.45, 2.75) is 19.8 Å². The molecule has 0 saturated heterocycles. The monoisotopic (exact) mass is 279 g/mol. The Morgan fingerprint density at radius 1 is 1.35 bits per heavy atom. The van der Waals surface area contributed by atoms with E-state index in [4.69, 9.17) is 0 Å². The predicted octanol–water partition coefficient (Wildman–Crippen LogP) is 2.71. The highest BCUT2D eigenvalue weighted by Crippen LogP contribution is 2.21. The van der Waals surface area contributed by atoms with Gasteiger partial charge in [0, 0.05) is 24.5 Å². The van der Waals surface area contributed by atoms with Gasteiger partial charge in [0.2, 0.25) is 0 Å². The number of ketones is 1. The molecule has 6 nitrogen and oxygen atoms in total. The Kier molecular flexibility index (Phi) is 7.50. The van der Waals surface area contributed by atoms with Gasteiger partial charge in [0.15, 0.2) is 0 Å². The van der Waals surface area contributed by atoms with E-state index in [1.807, 2.05) is 0 Å². The summed E-state index contributed by atoms with van der Waals surface area (Å²) in [6, 6.07) is 3.85. The number of hydrogen-bond donors (Lipinski definition) is 0. The molecule has 1 aromatic rings. The van der Waals surface area contributed by atoms with Crippen LogP contribution in [0.3, 0.4) is 0 Å². The van der Waals surface area contributed by atoms with Crippen molar-refractivity contribution < 1.29 is 19.2 Å². The zero-order chi connectivity index (χ0) is 15.7. The summed E-state index contributed by atoms with van der Waals surface area (Å²) in [5.74, 6) is -0.713. The van der Waals surface area contributed by atoms with E-state index in [0.29, 0.717) is 6.42 Å². The fourth-order valence-electron chi connectivity index (χ4n) is 1.49. The summed E-state index contributed by atoms with van der Waals surface area (Å²) < 4.78 is 4.53. The average Bonchev–Trinajstić information content (AvgIpc) is 2.47. The first-order valence-corrected chi connectivity index (χ1v) is 5.87. The third-order valence-corrected chi connectivity index (χ3v) is 2.48. The molecule has 1 rings (SSSR count). The summed E-state index contributed by atoms with van der Waals surface area (Å²) >= 11 is 0. The highest BCUT2D eigenvalue weighted by atomic mass is 16.6. The van der Waals surface area contributed by atoms with E-state index < -0.39 is 10.9 Å². The number of Topliss-reactive ketones (excluding diaryl/α,β-unsaturated/α-hetero) is 1. The van der Waals surface area contributed by atoms with Crippen molar-refractivity contribution >= 4 is 17.4 Å². The Labute approximate surface area is 117 Å². The number of nitrogens with zero attached hydrogens (tertiary/aromatic N) is 1. The van der Waals surface area contributed by atoms with E-state index in [1.54, 1.807) is 6.92 Å². The normalized spacial score (nSPS) is 9.10. The second-order valence-electron chi connectivity index (χ2n) is 3.66. The topological polar surface area (TPSA) is 86.5 Å². The van der Waals surface area contributed by atoms with Crippen LogP contribution in [0.1, 0.15) is 29.3 Å². The van der Waals surface area contributed by atoms with Gasteiger partial charge in [0.05, 0.1) is 17.6 Å². The molecule has 0 aromatic heterocycles. The zero-order valence-electron chi connectivity index (χ0n) is 11.5. The smallest absolute Gasteiger partial charge is 0.337 e. The SMILES string of the molecule is C=C.CCC(=O)Cc1cc(C(=O)OC)ccc1[N+](=O)[O-]. The Bertz CT molecular complexity index is 510. The van der Waals surface area contributed by atoms with Gasteiger partial charge in [-0.05, 0) is 12.1 Å². The molecule has 0 atom stereocenters. The first-order valence-electron chi connectivity index (χ1n) is 5.87. The molecule has 0 amide bonds. The highest BCUT2D eigenvalue weighted by molar-refractivity contribution is 5.90. The van der Waals surface area contributed by atoms with Crippen LogP contribution >= 0.6 is 0 Å². The third kappa shape index (κ3) is 4.64. The van der Waals surface area contributed by atoms with Crippen molar-refractivity contribution in [1.29, 1.82) is 0 Å². The Hall–Kier alpha value is -2.50. The lowest BCUT2D eigenvalue weighted by atomic mass is 10.0. The molecule has 0 aliphatic rings. The van der Waals surface area contributed by atoms with E-state index >= 15 is 0 Å². The molecule has 1 aromatic carbocycles. The quantitative estimate of drug-likeness (QED) is 0.358. The number of rotatable bonds is 5. The van der Waals surface area contributed by atoms with Crippen LogP contribution in [0.15, 0.2) is 31.4 Å². The molecule has 0 aliphatic heterocycles. The van der Waals surface area contributed by atoms with E-state index in [0.717, 1.165) is 0 Å². The van der Waals surface area contributed by atoms with Gasteiger partial charge in [-0.3, -0.25) is 14.9 Å². The number of carbonyl (C=O) groups is 2. The van der Waals surface area contributed by atoms with Crippen LogP contribution in [0.4, 0.5) is 5.69 Å². The largest absolute Gasteiger partial charge is 0.465 e. The molecule has 0 bridgehead atoms. The van der Waals surface area contributed by atoms with Crippen LogP contribution in [0, 0.1) is 10.1 Å². The number of benzene rings is 1. The molecule has 20 heavy (non-hydrogen) atoms. The zero-order valence-corrected chi connectivity index (χ0v) is 11.5. The maximum atomic E-state index is 11.4. The lowest BCUT2D eigenvalue weighted by Gasteiger charge is -2.04. The molecular formula is C14H17NO5. The summed E-state index contributed by atoms with van der Waals surface area (Å²) in [6.07, 6.45) is 0.233. The van der Waals surface area contributed by atoms with E-state index in [9.17, 15) is 19.7 Å². The van der Waals surface area contributed by atoms with Gasteiger partial charge in [-0.1, -0.05) is 6.92 Å². The molecule has 0 aliphatic carbocycles. The minimum absolute atomic E-state index is 0.0579. The molecule has 6 heteroatoms. The molecule has 0 N–H and O–H groups in total. The summed E-state index contributed by atoms with van der Waals surface area (Å²) in [5.41, 5.74) is 0.265. The maximum Gasteiger partial charge on any atom is 0.337 e. The first-order chi connectivity index (χ1) is 9.49. The predicted molar refractivity (Wildman–Crippen MR) is 74.7 cm³/mol. The highest BCUT2D eigenvalue weighted by Gasteiger charge is 2.18. The molecule has 0 saturated carbocycles. The van der Waals surface area contributed by atoms with Crippen LogP contribution in [-0.4, -0.2) is 23.8 Å². The molecule has 0 heterocycles. The minimum Gasteiger partial charge on any atom is -0.465 e. The van der Waals surface area contributed by atoms with Crippen molar-refractivity contribution in [2.24, 2.45) is 0 Å². The van der Waals surface area contributed by atoms with Gasteiger partial charge in [-0.2, -0.15) is 0 Å². The first kappa shape index (κ1) is 17.5. The number of nitro benzene ring substituents is 1. The minimum atomic E-state index is -0.588. The van der Waals surface area contributed by atoms with Crippen LogP contribution in [-0.2, 0) is 16.0 Å². The fraction of sp³-hybridized carbons (Fsp3) is 0.286. The Morgan fingerprint density at radius 2 is 1.95 bits per heavy atom. The number of carbonyl (C=O) groups excluding carboxylic acids is 2. The summed E-state index contributed by atoms with van der Waals surface area (Å²) in [7, 11) is 1.22. The second kappa shape index (κ2) is 8.58. The fourth-order valence-corrected chi connectivity index (χ4v) is 1.49. The van der Waals surface area contributed by atoms with Gasteiger partial charge < -0.3 is 4.74 Å². The van der Waals surface area contributed by atoms with E-state index in [2.05, 4.69) is 17.9 Å². The van der Waals surface area contributed by atoms with Crippen molar-refractivity contribution in [1.82, 2.24) is 0 Å². The van der Waals surface area contributed by atoms with Gasteiger partial charge in [0.1, 0.15) is 5.78 Å². The van der Waals surface area contributed by atoms with Crippen molar-refractivity contribution in [3.8, 4) is 0 Å². The van der Waals surface area contributed by atoms with Crippen molar-refractivity contribution in [3.05, 3.63) is 52.6 Å². The van der Waals surface area contributed by atoms with Gasteiger partial charge in [0.25, 0.3) is 5.69 Å². The maximum absolute atomic E-state index is 11.4. The lowest BCUT2D eigenvalue weighted by molar-refractivity contribution is -0.385. The van der Waals surface area contributed by atoms with E-state index in [-0.39, 0.29) is 29.0 Å². The van der Waals surface area contributed by atoms with Crippen LogP contribution in [0.5, 0.6) is 0 Å². The number of hydrogen-bond acceptors (Lipinski definition) is 5. The summed E-state index contributed by atoms with van der Waals surface area (Å²) in [4.78, 5) is 32.9.